The third kappa shape index (κ3) is 3.64. The molecule has 1 heterocycles. The number of carbonyl (C=O) groups is 1. The number of sulfonamides is 1. The minimum absolute atomic E-state index is 0.150. The first-order valence-corrected chi connectivity index (χ1v) is 10.7. The average molecular weight is 402 g/mol. The number of carbonyl (C=O) groups excluding carboxylic acids is 1. The van der Waals surface area contributed by atoms with Gasteiger partial charge in [0.15, 0.2) is 0 Å². The van der Waals surface area contributed by atoms with Gasteiger partial charge in [0.25, 0.3) is 5.91 Å². The summed E-state index contributed by atoms with van der Waals surface area (Å²) >= 11 is 0. The van der Waals surface area contributed by atoms with E-state index in [-0.39, 0.29) is 10.8 Å². The van der Waals surface area contributed by atoms with Gasteiger partial charge in [-0.05, 0) is 48.7 Å². The summed E-state index contributed by atoms with van der Waals surface area (Å²) < 4.78 is 26.6. The SMILES string of the molecule is Cc1cc(C(=O)N2CCN(C)c3ccccc3C2)cc(S(=O)(=O)N(C)C)c1C. The maximum Gasteiger partial charge on any atom is 0.254 e. The molecule has 0 saturated carbocycles. The zero-order valence-corrected chi connectivity index (χ0v) is 17.9. The normalized spacial score (nSPS) is 14.8. The first-order chi connectivity index (χ1) is 13.1. The van der Waals surface area contributed by atoms with Gasteiger partial charge in [-0.3, -0.25) is 4.79 Å². The molecule has 0 N–H and O–H groups in total. The summed E-state index contributed by atoms with van der Waals surface area (Å²) in [5.41, 5.74) is 4.07. The molecule has 1 amide bonds. The molecule has 1 aliphatic rings. The number of rotatable bonds is 3. The quantitative estimate of drug-likeness (QED) is 0.793. The van der Waals surface area contributed by atoms with Crippen molar-refractivity contribution in [3.8, 4) is 0 Å². The number of amides is 1. The molecule has 0 spiro atoms. The number of aryl methyl sites for hydroxylation is 1. The molecule has 2 aromatic carbocycles. The minimum atomic E-state index is -3.63. The highest BCUT2D eigenvalue weighted by molar-refractivity contribution is 7.89. The Kier molecular flexibility index (Phi) is 5.50. The van der Waals surface area contributed by atoms with Gasteiger partial charge in [-0.1, -0.05) is 18.2 Å². The van der Waals surface area contributed by atoms with Crippen molar-refractivity contribution in [3.63, 3.8) is 0 Å². The molecule has 2 aromatic rings. The lowest BCUT2D eigenvalue weighted by molar-refractivity contribution is 0.0751. The topological polar surface area (TPSA) is 60.9 Å². The van der Waals surface area contributed by atoms with Crippen molar-refractivity contribution in [2.45, 2.75) is 25.3 Å². The summed E-state index contributed by atoms with van der Waals surface area (Å²) in [6, 6.07) is 11.3. The molecule has 0 aliphatic carbocycles. The maximum atomic E-state index is 13.3. The second kappa shape index (κ2) is 7.56. The van der Waals surface area contributed by atoms with E-state index in [0.717, 1.165) is 23.4 Å². The fourth-order valence-corrected chi connectivity index (χ4v) is 4.68. The molecule has 7 heteroatoms. The minimum Gasteiger partial charge on any atom is -0.373 e. The lowest BCUT2D eigenvalue weighted by atomic mass is 10.0. The molecule has 0 radical (unpaired) electrons. The van der Waals surface area contributed by atoms with E-state index in [4.69, 9.17) is 0 Å². The number of likely N-dealkylation sites (N-methyl/N-ethyl adjacent to an activating group) is 1. The van der Waals surface area contributed by atoms with E-state index in [1.54, 1.807) is 17.9 Å². The number of nitrogens with zero attached hydrogens (tertiary/aromatic N) is 3. The number of hydrogen-bond acceptors (Lipinski definition) is 4. The molecule has 0 fully saturated rings. The zero-order valence-electron chi connectivity index (χ0n) is 17.1. The van der Waals surface area contributed by atoms with E-state index in [9.17, 15) is 13.2 Å². The highest BCUT2D eigenvalue weighted by Crippen LogP contribution is 2.27. The van der Waals surface area contributed by atoms with Crippen LogP contribution in [0.25, 0.3) is 0 Å². The Hall–Kier alpha value is -2.38. The van der Waals surface area contributed by atoms with E-state index < -0.39 is 10.0 Å². The van der Waals surface area contributed by atoms with E-state index >= 15 is 0 Å². The van der Waals surface area contributed by atoms with Crippen molar-refractivity contribution < 1.29 is 13.2 Å². The second-order valence-electron chi connectivity index (χ2n) is 7.48. The maximum absolute atomic E-state index is 13.3. The van der Waals surface area contributed by atoms with Gasteiger partial charge >= 0.3 is 0 Å². The standard InChI is InChI=1S/C21H27N3O3S/c1-15-12-18(13-20(16(15)2)28(26,27)22(3)4)21(25)24-11-10-23(5)19-9-7-6-8-17(19)14-24/h6-9,12-13H,10-11,14H2,1-5H3. The molecule has 0 atom stereocenters. The second-order valence-corrected chi connectivity index (χ2v) is 9.60. The van der Waals surface area contributed by atoms with Crippen LogP contribution in [-0.4, -0.2) is 57.8 Å². The molecule has 150 valence electrons. The molecule has 28 heavy (non-hydrogen) atoms. The first kappa shape index (κ1) is 20.4. The molecule has 6 nitrogen and oxygen atoms in total. The fourth-order valence-electron chi connectivity index (χ4n) is 3.46. The predicted octanol–water partition coefficient (Wildman–Crippen LogP) is 2.65. The fraction of sp³-hybridized carbons (Fsp3) is 0.381. The van der Waals surface area contributed by atoms with Gasteiger partial charge < -0.3 is 9.80 Å². The molecule has 0 saturated heterocycles. The summed E-state index contributed by atoms with van der Waals surface area (Å²) in [5, 5.41) is 0. The Morgan fingerprint density at radius 1 is 1.07 bits per heavy atom. The molecule has 3 rings (SSSR count). The van der Waals surface area contributed by atoms with Crippen molar-refractivity contribution in [1.29, 1.82) is 0 Å². The van der Waals surface area contributed by atoms with Crippen molar-refractivity contribution >= 4 is 21.6 Å². The van der Waals surface area contributed by atoms with Gasteiger partial charge in [-0.15, -0.1) is 0 Å². The smallest absolute Gasteiger partial charge is 0.254 e. The Bertz CT molecular complexity index is 1020. The van der Waals surface area contributed by atoms with Gasteiger partial charge in [-0.25, -0.2) is 12.7 Å². The molecular weight excluding hydrogens is 374 g/mol. The van der Waals surface area contributed by atoms with Crippen LogP contribution < -0.4 is 4.90 Å². The molecule has 0 aromatic heterocycles. The average Bonchev–Trinajstić information content (AvgIpc) is 2.82. The molecular formula is C21H27N3O3S. The van der Waals surface area contributed by atoms with Crippen molar-refractivity contribution in [3.05, 3.63) is 58.7 Å². The van der Waals surface area contributed by atoms with Crippen LogP contribution in [0.5, 0.6) is 0 Å². The summed E-state index contributed by atoms with van der Waals surface area (Å²) in [6.07, 6.45) is 0. The van der Waals surface area contributed by atoms with Crippen LogP contribution >= 0.6 is 0 Å². The van der Waals surface area contributed by atoms with E-state index in [1.807, 2.05) is 32.2 Å². The van der Waals surface area contributed by atoms with Crippen LogP contribution in [0.4, 0.5) is 5.69 Å². The Morgan fingerprint density at radius 2 is 1.75 bits per heavy atom. The molecule has 1 aliphatic heterocycles. The highest BCUT2D eigenvalue weighted by Gasteiger charge is 2.26. The van der Waals surface area contributed by atoms with Crippen LogP contribution in [0.15, 0.2) is 41.3 Å². The number of anilines is 1. The summed E-state index contributed by atoms with van der Waals surface area (Å²) in [4.78, 5) is 17.4. The van der Waals surface area contributed by atoms with Crippen LogP contribution in [0, 0.1) is 13.8 Å². The van der Waals surface area contributed by atoms with Crippen LogP contribution in [0.2, 0.25) is 0 Å². The monoisotopic (exact) mass is 401 g/mol. The van der Waals surface area contributed by atoms with Gasteiger partial charge in [0.05, 0.1) is 4.90 Å². The Balaban J connectivity index is 2.01. The third-order valence-corrected chi connectivity index (χ3v) is 7.32. The number of hydrogen-bond donors (Lipinski definition) is 0. The number of para-hydroxylation sites is 1. The highest BCUT2D eigenvalue weighted by atomic mass is 32.2. The third-order valence-electron chi connectivity index (χ3n) is 5.38. The van der Waals surface area contributed by atoms with E-state index in [2.05, 4.69) is 11.0 Å². The van der Waals surface area contributed by atoms with Gasteiger partial charge in [0, 0.05) is 52.0 Å². The van der Waals surface area contributed by atoms with E-state index in [0.29, 0.717) is 24.2 Å². The lowest BCUT2D eigenvalue weighted by Gasteiger charge is -2.23. The van der Waals surface area contributed by atoms with Crippen molar-refractivity contribution in [2.24, 2.45) is 0 Å². The van der Waals surface area contributed by atoms with Crippen LogP contribution in [0.3, 0.4) is 0 Å². The van der Waals surface area contributed by atoms with E-state index in [1.165, 1.54) is 24.5 Å². The molecule has 0 bridgehead atoms. The largest absolute Gasteiger partial charge is 0.373 e. The predicted molar refractivity (Wildman–Crippen MR) is 111 cm³/mol. The van der Waals surface area contributed by atoms with Gasteiger partial charge in [0.1, 0.15) is 0 Å². The zero-order chi connectivity index (χ0) is 20.6. The van der Waals surface area contributed by atoms with Gasteiger partial charge in [0.2, 0.25) is 10.0 Å². The summed E-state index contributed by atoms with van der Waals surface area (Å²) in [5.74, 6) is -0.150. The number of benzene rings is 2. The Labute approximate surface area is 167 Å². The number of fused-ring (bicyclic) bond motifs is 1. The van der Waals surface area contributed by atoms with Crippen molar-refractivity contribution in [1.82, 2.24) is 9.21 Å². The summed E-state index contributed by atoms with van der Waals surface area (Å²) in [7, 11) is 1.39. The van der Waals surface area contributed by atoms with Crippen molar-refractivity contribution in [2.75, 3.05) is 39.1 Å². The first-order valence-electron chi connectivity index (χ1n) is 9.25. The lowest BCUT2D eigenvalue weighted by Crippen LogP contribution is -2.34. The van der Waals surface area contributed by atoms with Crippen LogP contribution in [-0.2, 0) is 16.6 Å². The van der Waals surface area contributed by atoms with Crippen LogP contribution in [0.1, 0.15) is 27.0 Å². The molecule has 0 unspecified atom stereocenters. The summed E-state index contributed by atoms with van der Waals surface area (Å²) in [6.45, 7) is 5.41. The van der Waals surface area contributed by atoms with Gasteiger partial charge in [-0.2, -0.15) is 0 Å². The Morgan fingerprint density at radius 3 is 2.43 bits per heavy atom.